The third kappa shape index (κ3) is 4.25. The van der Waals surface area contributed by atoms with Crippen molar-refractivity contribution in [2.75, 3.05) is 33.6 Å². The van der Waals surface area contributed by atoms with E-state index in [0.717, 1.165) is 6.26 Å². The first-order valence-electron chi connectivity index (χ1n) is 5.23. The molecule has 0 bridgehead atoms. The van der Waals surface area contributed by atoms with Crippen molar-refractivity contribution in [2.45, 2.75) is 24.6 Å². The highest BCUT2D eigenvalue weighted by molar-refractivity contribution is 7.92. The van der Waals surface area contributed by atoms with E-state index in [0.29, 0.717) is 6.61 Å². The van der Waals surface area contributed by atoms with Crippen molar-refractivity contribution in [3.8, 4) is 0 Å². The molecule has 0 saturated carbocycles. The number of amides is 1. The Bertz CT molecular complexity index is 365. The van der Waals surface area contributed by atoms with E-state index in [-0.39, 0.29) is 12.6 Å². The number of methoxy groups -OCH3 is 1. The number of ether oxygens (including phenoxy) is 1. The highest BCUT2D eigenvalue weighted by Crippen LogP contribution is 2.17. The van der Waals surface area contributed by atoms with Crippen LogP contribution in [0.2, 0.25) is 0 Å². The molecule has 1 atom stereocenters. The zero-order valence-corrected chi connectivity index (χ0v) is 11.9. The number of nitrogens with two attached hydrogens (primary N) is 1. The molecule has 17 heavy (non-hydrogen) atoms. The largest absolute Gasteiger partial charge is 0.383 e. The van der Waals surface area contributed by atoms with E-state index < -0.39 is 20.5 Å². The Morgan fingerprint density at radius 3 is 2.29 bits per heavy atom. The Kier molecular flexibility index (Phi) is 5.57. The van der Waals surface area contributed by atoms with Crippen LogP contribution in [0, 0.1) is 0 Å². The van der Waals surface area contributed by atoms with Crippen molar-refractivity contribution in [1.82, 2.24) is 4.90 Å². The lowest BCUT2D eigenvalue weighted by atomic mass is 10.1. The third-order valence-corrected chi connectivity index (χ3v) is 4.71. The van der Waals surface area contributed by atoms with Gasteiger partial charge in [-0.1, -0.05) is 0 Å². The van der Waals surface area contributed by atoms with Crippen LogP contribution in [0.4, 0.5) is 0 Å². The lowest BCUT2D eigenvalue weighted by Crippen LogP contribution is -2.51. The second-order valence-electron chi connectivity index (χ2n) is 4.68. The maximum absolute atomic E-state index is 12.0. The van der Waals surface area contributed by atoms with Crippen molar-refractivity contribution < 1.29 is 17.9 Å². The molecule has 0 heterocycles. The normalized spacial score (nSPS) is 14.5. The Labute approximate surface area is 103 Å². The third-order valence-electron chi connectivity index (χ3n) is 2.68. The van der Waals surface area contributed by atoms with Gasteiger partial charge in [-0.15, -0.1) is 0 Å². The number of sulfone groups is 1. The molecule has 102 valence electrons. The Hall–Kier alpha value is -0.660. The summed E-state index contributed by atoms with van der Waals surface area (Å²) in [6.07, 6.45) is 1.05. The minimum atomic E-state index is -3.46. The highest BCUT2D eigenvalue weighted by atomic mass is 32.2. The molecule has 1 unspecified atom stereocenters. The molecule has 0 rings (SSSR count). The van der Waals surface area contributed by atoms with Gasteiger partial charge >= 0.3 is 0 Å². The van der Waals surface area contributed by atoms with Gasteiger partial charge in [-0.05, 0) is 13.8 Å². The first-order valence-corrected chi connectivity index (χ1v) is 7.13. The summed E-state index contributed by atoms with van der Waals surface area (Å²) in [4.78, 5) is 13.3. The van der Waals surface area contributed by atoms with Gasteiger partial charge < -0.3 is 15.4 Å². The Morgan fingerprint density at radius 1 is 1.47 bits per heavy atom. The van der Waals surface area contributed by atoms with E-state index in [9.17, 15) is 13.2 Å². The molecule has 7 heteroatoms. The van der Waals surface area contributed by atoms with Crippen LogP contribution in [0.15, 0.2) is 0 Å². The number of hydrogen-bond donors (Lipinski definition) is 1. The molecular weight excluding hydrogens is 244 g/mol. The standard InChI is InChI=1S/C10H22N2O4S/c1-10(2,17(5,14)15)9(13)12(3)6-8(11)7-16-4/h8H,6-7,11H2,1-5H3. The fourth-order valence-electron chi connectivity index (χ4n) is 1.32. The maximum atomic E-state index is 12.0. The average molecular weight is 266 g/mol. The van der Waals surface area contributed by atoms with Crippen LogP contribution in [-0.4, -0.2) is 63.6 Å². The molecule has 2 N–H and O–H groups in total. The maximum Gasteiger partial charge on any atom is 0.243 e. The van der Waals surface area contributed by atoms with Gasteiger partial charge in [0.25, 0.3) is 0 Å². The van der Waals surface area contributed by atoms with Crippen molar-refractivity contribution in [3.05, 3.63) is 0 Å². The van der Waals surface area contributed by atoms with Crippen molar-refractivity contribution in [3.63, 3.8) is 0 Å². The Morgan fingerprint density at radius 2 is 1.94 bits per heavy atom. The van der Waals surface area contributed by atoms with Gasteiger partial charge in [0.15, 0.2) is 9.84 Å². The fourth-order valence-corrected chi connectivity index (χ4v) is 1.79. The summed E-state index contributed by atoms with van der Waals surface area (Å²) in [6, 6.07) is -0.329. The lowest BCUT2D eigenvalue weighted by molar-refractivity contribution is -0.132. The van der Waals surface area contributed by atoms with Gasteiger partial charge in [-0.2, -0.15) is 0 Å². The van der Waals surface area contributed by atoms with Gasteiger partial charge in [0.1, 0.15) is 4.75 Å². The molecule has 0 aliphatic rings. The van der Waals surface area contributed by atoms with E-state index in [4.69, 9.17) is 10.5 Å². The molecule has 0 saturated heterocycles. The van der Waals surface area contributed by atoms with E-state index >= 15 is 0 Å². The SMILES string of the molecule is COCC(N)CN(C)C(=O)C(C)(C)S(C)(=O)=O. The van der Waals surface area contributed by atoms with Crippen molar-refractivity contribution in [1.29, 1.82) is 0 Å². The topological polar surface area (TPSA) is 89.7 Å². The first-order chi connectivity index (χ1) is 7.54. The number of nitrogens with zero attached hydrogens (tertiary/aromatic N) is 1. The summed E-state index contributed by atoms with van der Waals surface area (Å²) >= 11 is 0. The van der Waals surface area contributed by atoms with Crippen LogP contribution < -0.4 is 5.73 Å². The first kappa shape index (κ1) is 16.3. The van der Waals surface area contributed by atoms with Gasteiger partial charge in [-0.3, -0.25) is 4.79 Å². The lowest BCUT2D eigenvalue weighted by Gasteiger charge is -2.29. The molecule has 6 nitrogen and oxygen atoms in total. The summed E-state index contributed by atoms with van der Waals surface area (Å²) in [5, 5.41) is 0. The smallest absolute Gasteiger partial charge is 0.243 e. The number of likely N-dealkylation sites (N-methyl/N-ethyl adjacent to an activating group) is 1. The quantitative estimate of drug-likeness (QED) is 0.682. The van der Waals surface area contributed by atoms with Crippen LogP contribution in [0.1, 0.15) is 13.8 Å². The minimum absolute atomic E-state index is 0.256. The Balaban J connectivity index is 4.72. The highest BCUT2D eigenvalue weighted by Gasteiger charge is 2.40. The van der Waals surface area contributed by atoms with Gasteiger partial charge in [0, 0.05) is 33.0 Å². The molecule has 0 aromatic rings. The zero-order chi connectivity index (χ0) is 13.9. The van der Waals surface area contributed by atoms with E-state index in [1.54, 1.807) is 0 Å². The van der Waals surface area contributed by atoms with Crippen molar-refractivity contribution >= 4 is 15.7 Å². The van der Waals surface area contributed by atoms with E-state index in [2.05, 4.69) is 0 Å². The molecule has 0 aromatic carbocycles. The summed E-state index contributed by atoms with van der Waals surface area (Å²) in [5.74, 6) is -0.466. The summed E-state index contributed by atoms with van der Waals surface area (Å²) in [5.41, 5.74) is 5.71. The monoisotopic (exact) mass is 266 g/mol. The molecule has 0 fully saturated rings. The van der Waals surface area contributed by atoms with E-state index in [1.165, 1.54) is 32.9 Å². The van der Waals surface area contributed by atoms with Crippen LogP contribution in [0.5, 0.6) is 0 Å². The second kappa shape index (κ2) is 5.79. The van der Waals surface area contributed by atoms with Gasteiger partial charge in [0.2, 0.25) is 5.91 Å². The number of carbonyl (C=O) groups excluding carboxylic acids is 1. The number of hydrogen-bond acceptors (Lipinski definition) is 5. The summed E-state index contributed by atoms with van der Waals surface area (Å²) in [7, 11) is -0.409. The molecule has 0 aromatic heterocycles. The zero-order valence-electron chi connectivity index (χ0n) is 11.1. The predicted molar refractivity (Wildman–Crippen MR) is 66.4 cm³/mol. The number of rotatable bonds is 6. The molecule has 0 radical (unpaired) electrons. The molecular formula is C10H22N2O4S. The molecule has 0 spiro atoms. The minimum Gasteiger partial charge on any atom is -0.383 e. The van der Waals surface area contributed by atoms with Crippen LogP contribution in [0.25, 0.3) is 0 Å². The average Bonchev–Trinajstić information content (AvgIpc) is 2.14. The summed E-state index contributed by atoms with van der Waals surface area (Å²) in [6.45, 7) is 3.36. The summed E-state index contributed by atoms with van der Waals surface area (Å²) < 4.78 is 26.4. The van der Waals surface area contributed by atoms with Gasteiger partial charge in [0.05, 0.1) is 6.61 Å². The van der Waals surface area contributed by atoms with Crippen LogP contribution in [-0.2, 0) is 19.4 Å². The van der Waals surface area contributed by atoms with E-state index in [1.807, 2.05) is 0 Å². The molecule has 0 aliphatic heterocycles. The predicted octanol–water partition coefficient (Wildman–Crippen LogP) is -0.758. The fraction of sp³-hybridized carbons (Fsp3) is 0.900. The van der Waals surface area contributed by atoms with Crippen LogP contribution in [0.3, 0.4) is 0 Å². The van der Waals surface area contributed by atoms with Crippen LogP contribution >= 0.6 is 0 Å². The number of carbonyl (C=O) groups is 1. The second-order valence-corrected chi connectivity index (χ2v) is 7.25. The van der Waals surface area contributed by atoms with Crippen molar-refractivity contribution in [2.24, 2.45) is 5.73 Å². The molecule has 0 aliphatic carbocycles. The van der Waals surface area contributed by atoms with Gasteiger partial charge in [-0.25, -0.2) is 8.42 Å². The molecule has 1 amide bonds.